The maximum atomic E-state index is 11.6. The fourth-order valence-corrected chi connectivity index (χ4v) is 3.97. The summed E-state index contributed by atoms with van der Waals surface area (Å²) in [5.41, 5.74) is 0. The van der Waals surface area contributed by atoms with Crippen LogP contribution in [0, 0.1) is 0 Å². The van der Waals surface area contributed by atoms with Gasteiger partial charge >= 0.3 is 0 Å². The highest BCUT2D eigenvalue weighted by Gasteiger charge is 2.46. The lowest BCUT2D eigenvalue weighted by Crippen LogP contribution is -2.46. The van der Waals surface area contributed by atoms with Crippen molar-refractivity contribution in [2.75, 3.05) is 6.54 Å². The smallest absolute Gasteiger partial charge is 0.222 e. The van der Waals surface area contributed by atoms with Crippen LogP contribution in [0.2, 0.25) is 18.1 Å². The molecule has 0 aromatic carbocycles. The lowest BCUT2D eigenvalue weighted by atomic mass is 10.1. The van der Waals surface area contributed by atoms with Crippen LogP contribution in [0.1, 0.15) is 40.0 Å². The van der Waals surface area contributed by atoms with Gasteiger partial charge in [0.1, 0.15) is 0 Å². The monoisotopic (exact) mass is 255 g/mol. The lowest BCUT2D eigenvalue weighted by molar-refractivity contribution is -0.128. The molecule has 4 heteroatoms. The molecule has 0 aromatic rings. The Morgan fingerprint density at radius 3 is 2.53 bits per heavy atom. The van der Waals surface area contributed by atoms with Crippen LogP contribution in [0.25, 0.3) is 0 Å². The zero-order valence-electron chi connectivity index (χ0n) is 11.7. The molecule has 0 saturated carbocycles. The van der Waals surface area contributed by atoms with Gasteiger partial charge < -0.3 is 9.33 Å². The third kappa shape index (κ3) is 2.29. The maximum Gasteiger partial charge on any atom is 0.222 e. The first-order valence-electron chi connectivity index (χ1n) is 6.70. The first kappa shape index (κ1) is 13.1. The molecule has 2 fully saturated rings. The van der Waals surface area contributed by atoms with E-state index in [-0.39, 0.29) is 5.04 Å². The summed E-state index contributed by atoms with van der Waals surface area (Å²) in [7, 11) is -1.69. The Hall–Kier alpha value is -0.353. The van der Waals surface area contributed by atoms with Crippen LogP contribution >= 0.6 is 0 Å². The highest BCUT2D eigenvalue weighted by Crippen LogP contribution is 2.40. The van der Waals surface area contributed by atoms with Crippen LogP contribution in [0.3, 0.4) is 0 Å². The molecule has 2 heterocycles. The normalized spacial score (nSPS) is 29.9. The molecule has 0 radical (unpaired) electrons. The molecule has 0 aromatic heterocycles. The highest BCUT2D eigenvalue weighted by atomic mass is 28.4. The Balaban J connectivity index is 2.04. The number of amides is 1. The van der Waals surface area contributed by atoms with Crippen LogP contribution in [0.4, 0.5) is 0 Å². The molecule has 0 unspecified atom stereocenters. The van der Waals surface area contributed by atoms with E-state index in [0.717, 1.165) is 25.8 Å². The second-order valence-corrected chi connectivity index (χ2v) is 11.7. The Bertz CT molecular complexity index is 322. The first-order chi connectivity index (χ1) is 7.72. The molecule has 0 spiro atoms. The van der Waals surface area contributed by atoms with Gasteiger partial charge in [-0.15, -0.1) is 0 Å². The summed E-state index contributed by atoms with van der Waals surface area (Å²) in [6, 6.07) is 0.372. The molecule has 0 aliphatic carbocycles. The quantitative estimate of drug-likeness (QED) is 0.710. The maximum absolute atomic E-state index is 11.6. The second kappa shape index (κ2) is 4.09. The van der Waals surface area contributed by atoms with E-state index in [1.807, 2.05) is 4.90 Å². The van der Waals surface area contributed by atoms with Gasteiger partial charge in [0.05, 0.1) is 12.1 Å². The van der Waals surface area contributed by atoms with Gasteiger partial charge in [-0.05, 0) is 31.0 Å². The largest absolute Gasteiger partial charge is 0.412 e. The van der Waals surface area contributed by atoms with Gasteiger partial charge in [0.25, 0.3) is 0 Å². The van der Waals surface area contributed by atoms with Crippen LogP contribution in [0.5, 0.6) is 0 Å². The molecule has 17 heavy (non-hydrogen) atoms. The predicted molar refractivity (Wildman–Crippen MR) is 71.4 cm³/mol. The van der Waals surface area contributed by atoms with Crippen LogP contribution in [-0.2, 0) is 9.22 Å². The second-order valence-electron chi connectivity index (χ2n) is 6.90. The fourth-order valence-electron chi connectivity index (χ4n) is 2.58. The minimum atomic E-state index is -1.69. The molecule has 0 N–H and O–H groups in total. The Morgan fingerprint density at radius 1 is 1.29 bits per heavy atom. The average Bonchev–Trinajstić information content (AvgIpc) is 2.70. The molecule has 2 atom stereocenters. The molecule has 3 nitrogen and oxygen atoms in total. The van der Waals surface area contributed by atoms with Crippen molar-refractivity contribution in [2.24, 2.45) is 0 Å². The SMILES string of the molecule is CC(C)(C)[Si](C)(C)O[C@H]1CCN2C(=O)CC[C@@H]12. The number of hydrogen-bond acceptors (Lipinski definition) is 2. The van der Waals surface area contributed by atoms with Crippen molar-refractivity contribution in [2.45, 2.75) is 70.3 Å². The molecular formula is C13H25NO2Si. The van der Waals surface area contributed by atoms with E-state index in [1.165, 1.54) is 0 Å². The van der Waals surface area contributed by atoms with Crippen molar-refractivity contribution >= 4 is 14.2 Å². The van der Waals surface area contributed by atoms with Crippen molar-refractivity contribution < 1.29 is 9.22 Å². The van der Waals surface area contributed by atoms with Crippen molar-refractivity contribution in [1.82, 2.24) is 4.90 Å². The fraction of sp³-hybridized carbons (Fsp3) is 0.923. The third-order valence-corrected chi connectivity index (χ3v) is 9.21. The van der Waals surface area contributed by atoms with E-state index in [4.69, 9.17) is 4.43 Å². The van der Waals surface area contributed by atoms with Gasteiger partial charge in [0, 0.05) is 13.0 Å². The number of hydrogen-bond donors (Lipinski definition) is 0. The highest BCUT2D eigenvalue weighted by molar-refractivity contribution is 6.74. The summed E-state index contributed by atoms with van der Waals surface area (Å²) in [5, 5.41) is 0.253. The van der Waals surface area contributed by atoms with Gasteiger partial charge in [0.2, 0.25) is 5.91 Å². The molecule has 2 rings (SSSR count). The van der Waals surface area contributed by atoms with Gasteiger partial charge in [-0.2, -0.15) is 0 Å². The van der Waals surface area contributed by atoms with Crippen molar-refractivity contribution in [3.8, 4) is 0 Å². The zero-order chi connectivity index (χ0) is 12.8. The lowest BCUT2D eigenvalue weighted by Gasteiger charge is -2.39. The van der Waals surface area contributed by atoms with E-state index < -0.39 is 8.32 Å². The summed E-state index contributed by atoms with van der Waals surface area (Å²) < 4.78 is 6.47. The molecule has 2 saturated heterocycles. The minimum Gasteiger partial charge on any atom is -0.412 e. The van der Waals surface area contributed by atoms with Gasteiger partial charge in [0.15, 0.2) is 8.32 Å². The number of carbonyl (C=O) groups excluding carboxylic acids is 1. The van der Waals surface area contributed by atoms with Crippen LogP contribution in [-0.4, -0.2) is 37.8 Å². The van der Waals surface area contributed by atoms with Gasteiger partial charge in [-0.25, -0.2) is 0 Å². The molecular weight excluding hydrogens is 230 g/mol. The standard InChI is InChI=1S/C13H25NO2Si/c1-13(2,3)17(4,5)16-11-8-9-14-10(11)6-7-12(14)15/h10-11H,6-9H2,1-5H3/t10-,11-/m0/s1. The minimum absolute atomic E-state index is 0.253. The molecule has 2 aliphatic heterocycles. The Kier molecular flexibility index (Phi) is 3.15. The average molecular weight is 255 g/mol. The topological polar surface area (TPSA) is 29.5 Å². The summed E-state index contributed by atoms with van der Waals surface area (Å²) in [6.07, 6.45) is 3.05. The molecule has 0 bridgehead atoms. The molecule has 1 amide bonds. The number of rotatable bonds is 2. The number of carbonyl (C=O) groups is 1. The van der Waals surface area contributed by atoms with E-state index in [2.05, 4.69) is 33.9 Å². The van der Waals surface area contributed by atoms with E-state index >= 15 is 0 Å². The number of fused-ring (bicyclic) bond motifs is 1. The first-order valence-corrected chi connectivity index (χ1v) is 9.60. The van der Waals surface area contributed by atoms with Crippen molar-refractivity contribution in [3.63, 3.8) is 0 Å². The third-order valence-electron chi connectivity index (χ3n) is 4.71. The predicted octanol–water partition coefficient (Wildman–Crippen LogP) is 2.77. The van der Waals surface area contributed by atoms with E-state index in [9.17, 15) is 4.79 Å². The Labute approximate surface area is 106 Å². The summed E-state index contributed by atoms with van der Waals surface area (Å²) >= 11 is 0. The summed E-state index contributed by atoms with van der Waals surface area (Å²) in [4.78, 5) is 13.7. The zero-order valence-corrected chi connectivity index (χ0v) is 12.7. The summed E-state index contributed by atoms with van der Waals surface area (Å²) in [5.74, 6) is 0.330. The van der Waals surface area contributed by atoms with Crippen molar-refractivity contribution in [3.05, 3.63) is 0 Å². The van der Waals surface area contributed by atoms with Gasteiger partial charge in [-0.3, -0.25) is 4.79 Å². The van der Waals surface area contributed by atoms with E-state index in [1.54, 1.807) is 0 Å². The van der Waals surface area contributed by atoms with Crippen molar-refractivity contribution in [1.29, 1.82) is 0 Å². The Morgan fingerprint density at radius 2 is 1.94 bits per heavy atom. The van der Waals surface area contributed by atoms with Crippen LogP contribution in [0.15, 0.2) is 0 Å². The summed E-state index contributed by atoms with van der Waals surface area (Å²) in [6.45, 7) is 12.3. The number of nitrogens with zero attached hydrogens (tertiary/aromatic N) is 1. The molecule has 98 valence electrons. The van der Waals surface area contributed by atoms with E-state index in [0.29, 0.717) is 18.1 Å². The molecule has 2 aliphatic rings. The van der Waals surface area contributed by atoms with Crippen LogP contribution < -0.4 is 0 Å². The van der Waals surface area contributed by atoms with Gasteiger partial charge in [-0.1, -0.05) is 20.8 Å².